The summed E-state index contributed by atoms with van der Waals surface area (Å²) in [5.74, 6) is 0.117. The van der Waals surface area contributed by atoms with Gasteiger partial charge in [-0.1, -0.05) is 12.5 Å². The molecule has 1 aromatic heterocycles. The predicted molar refractivity (Wildman–Crippen MR) is 93.2 cm³/mol. The molecule has 0 saturated heterocycles. The van der Waals surface area contributed by atoms with E-state index in [1.54, 1.807) is 12.3 Å². The summed E-state index contributed by atoms with van der Waals surface area (Å²) < 4.78 is 28.5. The van der Waals surface area contributed by atoms with Crippen molar-refractivity contribution in [3.05, 3.63) is 53.6 Å². The molecule has 4 nitrogen and oxygen atoms in total. The zero-order valence-electron chi connectivity index (χ0n) is 14.7. The Morgan fingerprint density at radius 1 is 1.19 bits per heavy atom. The van der Waals surface area contributed by atoms with Crippen molar-refractivity contribution in [2.45, 2.75) is 45.2 Å². The Kier molecular flexibility index (Phi) is 4.74. The van der Waals surface area contributed by atoms with Gasteiger partial charge < -0.3 is 9.47 Å². The Bertz CT molecular complexity index is 796. The number of carbonyl (C=O) groups excluding carboxylic acids is 1. The van der Waals surface area contributed by atoms with E-state index >= 15 is 0 Å². The molecular weight excluding hydrogens is 336 g/mol. The quantitative estimate of drug-likeness (QED) is 0.755. The van der Waals surface area contributed by atoms with Crippen molar-refractivity contribution in [1.29, 1.82) is 0 Å². The van der Waals surface area contributed by atoms with Gasteiger partial charge in [-0.2, -0.15) is 0 Å². The van der Waals surface area contributed by atoms with Crippen LogP contribution in [0, 0.1) is 23.5 Å². The number of imidazole rings is 1. The third-order valence-corrected chi connectivity index (χ3v) is 5.41. The summed E-state index contributed by atoms with van der Waals surface area (Å²) in [6.45, 7) is 1.68. The first-order chi connectivity index (χ1) is 12.6. The first-order valence-electron chi connectivity index (χ1n) is 9.33. The molecule has 1 heterocycles. The van der Waals surface area contributed by atoms with Gasteiger partial charge in [0.15, 0.2) is 11.6 Å². The van der Waals surface area contributed by atoms with Crippen LogP contribution >= 0.6 is 0 Å². The maximum Gasteiger partial charge on any atom is 0.226 e. The van der Waals surface area contributed by atoms with E-state index in [0.29, 0.717) is 24.6 Å². The smallest absolute Gasteiger partial charge is 0.226 e. The molecule has 0 N–H and O–H groups in total. The monoisotopic (exact) mass is 359 g/mol. The first kappa shape index (κ1) is 17.2. The molecule has 26 heavy (non-hydrogen) atoms. The largest absolute Gasteiger partial charge is 0.335 e. The maximum absolute atomic E-state index is 13.5. The lowest BCUT2D eigenvalue weighted by Gasteiger charge is -2.31. The van der Waals surface area contributed by atoms with Gasteiger partial charge in [0.25, 0.3) is 0 Å². The summed E-state index contributed by atoms with van der Waals surface area (Å²) in [5, 5.41) is 0. The molecule has 0 radical (unpaired) electrons. The Morgan fingerprint density at radius 2 is 2.00 bits per heavy atom. The average molecular weight is 359 g/mol. The fourth-order valence-corrected chi connectivity index (χ4v) is 3.40. The van der Waals surface area contributed by atoms with Crippen LogP contribution < -0.4 is 0 Å². The zero-order chi connectivity index (χ0) is 18.1. The van der Waals surface area contributed by atoms with Crippen LogP contribution in [-0.4, -0.2) is 26.9 Å². The fraction of sp³-hybridized carbons (Fsp3) is 0.500. The lowest BCUT2D eigenvalue weighted by atomic mass is 9.84. The highest BCUT2D eigenvalue weighted by molar-refractivity contribution is 5.79. The molecule has 0 aliphatic heterocycles. The highest BCUT2D eigenvalue weighted by Crippen LogP contribution is 2.33. The lowest BCUT2D eigenvalue weighted by Crippen LogP contribution is -2.40. The molecule has 0 atom stereocenters. The molecule has 4 rings (SSSR count). The summed E-state index contributed by atoms with van der Waals surface area (Å²) >= 11 is 0. The number of halogens is 2. The van der Waals surface area contributed by atoms with Crippen LogP contribution in [0.5, 0.6) is 0 Å². The van der Waals surface area contributed by atoms with Crippen LogP contribution in [0.2, 0.25) is 0 Å². The predicted octanol–water partition coefficient (Wildman–Crippen LogP) is 3.75. The van der Waals surface area contributed by atoms with Crippen LogP contribution in [0.25, 0.3) is 0 Å². The number of hydrogen-bond acceptors (Lipinski definition) is 2. The van der Waals surface area contributed by atoms with Crippen LogP contribution in [0.3, 0.4) is 0 Å². The average Bonchev–Trinajstić information content (AvgIpc) is 3.28. The number of rotatable bonds is 7. The Balaban J connectivity index is 1.48. The molecular formula is C20H23F2N3O. The summed E-state index contributed by atoms with van der Waals surface area (Å²) in [6.07, 6.45) is 9.01. The molecule has 2 fully saturated rings. The van der Waals surface area contributed by atoms with Gasteiger partial charge in [-0.25, -0.2) is 13.8 Å². The van der Waals surface area contributed by atoms with Gasteiger partial charge in [0.05, 0.1) is 6.54 Å². The summed E-state index contributed by atoms with van der Waals surface area (Å²) in [6, 6.07) is 3.92. The first-order valence-corrected chi connectivity index (χ1v) is 9.33. The van der Waals surface area contributed by atoms with Gasteiger partial charge in [0.2, 0.25) is 5.91 Å². The molecule has 0 bridgehead atoms. The van der Waals surface area contributed by atoms with Crippen molar-refractivity contribution >= 4 is 5.91 Å². The number of benzene rings is 1. The minimum atomic E-state index is -0.848. The zero-order valence-corrected chi connectivity index (χ0v) is 14.7. The van der Waals surface area contributed by atoms with Crippen LogP contribution in [0.1, 0.15) is 43.5 Å². The number of amides is 1. The number of nitrogens with zero attached hydrogens (tertiary/aromatic N) is 3. The Labute approximate surface area is 151 Å². The van der Waals surface area contributed by atoms with Gasteiger partial charge in [-0.3, -0.25) is 4.79 Å². The standard InChI is InChI=1S/C20H23F2N3O/c21-17-7-6-15(10-18(17)22)12-24-9-8-23-19(24)13-25(11-14-4-5-14)20(26)16-2-1-3-16/h6-10,14,16H,1-5,11-13H2. The van der Waals surface area contributed by atoms with Crippen molar-refractivity contribution in [3.8, 4) is 0 Å². The fourth-order valence-electron chi connectivity index (χ4n) is 3.40. The second-order valence-electron chi connectivity index (χ2n) is 7.51. The molecule has 1 amide bonds. The molecule has 2 aliphatic rings. The molecule has 6 heteroatoms. The van der Waals surface area contributed by atoms with E-state index in [0.717, 1.165) is 37.7 Å². The van der Waals surface area contributed by atoms with Gasteiger partial charge in [0, 0.05) is 31.4 Å². The van der Waals surface area contributed by atoms with Crippen molar-refractivity contribution in [2.75, 3.05) is 6.54 Å². The molecule has 2 aromatic rings. The van der Waals surface area contributed by atoms with Crippen molar-refractivity contribution in [2.24, 2.45) is 11.8 Å². The summed E-state index contributed by atoms with van der Waals surface area (Å²) in [7, 11) is 0. The van der Waals surface area contributed by atoms with E-state index in [1.807, 2.05) is 15.7 Å². The molecule has 138 valence electrons. The second-order valence-corrected chi connectivity index (χ2v) is 7.51. The third-order valence-electron chi connectivity index (χ3n) is 5.41. The number of carbonyl (C=O) groups is 1. The van der Waals surface area contributed by atoms with E-state index < -0.39 is 11.6 Å². The van der Waals surface area contributed by atoms with Gasteiger partial charge in [0.1, 0.15) is 5.82 Å². The SMILES string of the molecule is O=C(C1CCC1)N(Cc1nccn1Cc1ccc(F)c(F)c1)CC1CC1. The van der Waals surface area contributed by atoms with E-state index in [9.17, 15) is 13.6 Å². The van der Waals surface area contributed by atoms with Crippen molar-refractivity contribution in [1.82, 2.24) is 14.5 Å². The van der Waals surface area contributed by atoms with Crippen molar-refractivity contribution < 1.29 is 13.6 Å². The van der Waals surface area contributed by atoms with Crippen LogP contribution in [0.15, 0.2) is 30.6 Å². The Morgan fingerprint density at radius 3 is 2.65 bits per heavy atom. The number of hydrogen-bond donors (Lipinski definition) is 0. The van der Waals surface area contributed by atoms with E-state index in [2.05, 4.69) is 4.98 Å². The van der Waals surface area contributed by atoms with Crippen molar-refractivity contribution in [3.63, 3.8) is 0 Å². The molecule has 0 unspecified atom stereocenters. The molecule has 1 aromatic carbocycles. The van der Waals surface area contributed by atoms with E-state index in [1.165, 1.54) is 18.9 Å². The second kappa shape index (κ2) is 7.17. The maximum atomic E-state index is 13.5. The third kappa shape index (κ3) is 3.79. The highest BCUT2D eigenvalue weighted by atomic mass is 19.2. The van der Waals surface area contributed by atoms with Gasteiger partial charge >= 0.3 is 0 Å². The normalized spacial score (nSPS) is 17.2. The molecule has 2 aliphatic carbocycles. The van der Waals surface area contributed by atoms with Crippen LogP contribution in [-0.2, 0) is 17.9 Å². The topological polar surface area (TPSA) is 38.1 Å². The summed E-state index contributed by atoms with van der Waals surface area (Å²) in [5.41, 5.74) is 0.669. The Hall–Kier alpha value is -2.24. The van der Waals surface area contributed by atoms with Crippen LogP contribution in [0.4, 0.5) is 8.78 Å². The number of aromatic nitrogens is 2. The van der Waals surface area contributed by atoms with Gasteiger partial charge in [-0.15, -0.1) is 0 Å². The van der Waals surface area contributed by atoms with E-state index in [4.69, 9.17) is 0 Å². The minimum absolute atomic E-state index is 0.170. The van der Waals surface area contributed by atoms with E-state index in [-0.39, 0.29) is 11.8 Å². The molecule has 2 saturated carbocycles. The highest BCUT2D eigenvalue weighted by Gasteiger charge is 2.33. The summed E-state index contributed by atoms with van der Waals surface area (Å²) in [4.78, 5) is 19.1. The molecule has 0 spiro atoms. The van der Waals surface area contributed by atoms with Gasteiger partial charge in [-0.05, 0) is 49.3 Å². The lowest BCUT2D eigenvalue weighted by molar-refractivity contribution is -0.139. The minimum Gasteiger partial charge on any atom is -0.335 e.